The Bertz CT molecular complexity index is 448. The molecule has 2 bridgehead atoms. The second-order valence-electron chi connectivity index (χ2n) is 6.25. The van der Waals surface area contributed by atoms with Gasteiger partial charge in [-0.25, -0.2) is 0 Å². The number of allylic oxidation sites excluding steroid dienone is 1. The summed E-state index contributed by atoms with van der Waals surface area (Å²) in [5.41, 5.74) is 3.03. The summed E-state index contributed by atoms with van der Waals surface area (Å²) in [4.78, 5) is 2.59. The quantitative estimate of drug-likeness (QED) is 0.779. The zero-order valence-corrected chi connectivity index (χ0v) is 12.2. The molecule has 1 nitrogen and oxygen atoms in total. The van der Waals surface area contributed by atoms with E-state index in [0.29, 0.717) is 6.04 Å². The van der Waals surface area contributed by atoms with Crippen LogP contribution in [0.4, 0.5) is 0 Å². The second-order valence-corrected chi connectivity index (χ2v) is 6.25. The Kier molecular flexibility index (Phi) is 3.74. The highest BCUT2D eigenvalue weighted by atomic mass is 15.1. The summed E-state index contributed by atoms with van der Waals surface area (Å²) in [5.74, 6) is 1.72. The molecule has 102 valence electrons. The van der Waals surface area contributed by atoms with Gasteiger partial charge in [0.25, 0.3) is 0 Å². The van der Waals surface area contributed by atoms with E-state index in [1.807, 2.05) is 0 Å². The van der Waals surface area contributed by atoms with Crippen molar-refractivity contribution in [2.45, 2.75) is 38.6 Å². The minimum Gasteiger partial charge on any atom is -0.299 e. The Morgan fingerprint density at radius 1 is 1.16 bits per heavy atom. The SMILES string of the molecule is CCCN(C)[C@H]1C(c2ccccc2)=C[C@H]2CC[C@H]1C2. The van der Waals surface area contributed by atoms with Crippen molar-refractivity contribution < 1.29 is 0 Å². The number of fused-ring (bicyclic) bond motifs is 2. The molecule has 1 heteroatoms. The highest BCUT2D eigenvalue weighted by molar-refractivity contribution is 5.71. The molecular formula is C18H25N. The first kappa shape index (κ1) is 12.9. The predicted octanol–water partition coefficient (Wildman–Crippen LogP) is 4.21. The fraction of sp³-hybridized carbons (Fsp3) is 0.556. The average Bonchev–Trinajstić information content (AvgIpc) is 2.81. The van der Waals surface area contributed by atoms with Gasteiger partial charge in [0, 0.05) is 6.04 Å². The van der Waals surface area contributed by atoms with Crippen molar-refractivity contribution in [2.24, 2.45) is 11.8 Å². The molecule has 3 atom stereocenters. The van der Waals surface area contributed by atoms with E-state index in [1.165, 1.54) is 37.8 Å². The third-order valence-electron chi connectivity index (χ3n) is 4.85. The number of benzene rings is 1. The lowest BCUT2D eigenvalue weighted by atomic mass is 9.81. The fourth-order valence-electron chi connectivity index (χ4n) is 4.08. The summed E-state index contributed by atoms with van der Waals surface area (Å²) < 4.78 is 0. The minimum atomic E-state index is 0.640. The van der Waals surface area contributed by atoms with Crippen molar-refractivity contribution >= 4 is 5.57 Å². The van der Waals surface area contributed by atoms with Gasteiger partial charge in [0.05, 0.1) is 0 Å². The van der Waals surface area contributed by atoms with E-state index in [2.05, 4.69) is 55.3 Å². The van der Waals surface area contributed by atoms with E-state index in [0.717, 1.165) is 11.8 Å². The standard InChI is InChI=1S/C18H25N/c1-3-11-19(2)18-16-10-9-14(12-16)13-17(18)15-7-5-4-6-8-15/h4-8,13-14,16,18H,3,9-12H2,1-2H3/t14-,16-,18+/m0/s1. The molecule has 0 unspecified atom stereocenters. The zero-order valence-electron chi connectivity index (χ0n) is 12.2. The topological polar surface area (TPSA) is 3.24 Å². The Hall–Kier alpha value is -1.08. The van der Waals surface area contributed by atoms with Crippen LogP contribution >= 0.6 is 0 Å². The summed E-state index contributed by atoms with van der Waals surface area (Å²) in [6.45, 7) is 3.48. The first-order valence-corrected chi connectivity index (χ1v) is 7.77. The van der Waals surface area contributed by atoms with Gasteiger partial charge in [0.2, 0.25) is 0 Å². The van der Waals surface area contributed by atoms with E-state index >= 15 is 0 Å². The molecule has 0 spiro atoms. The fourth-order valence-corrected chi connectivity index (χ4v) is 4.08. The molecule has 2 aliphatic carbocycles. The van der Waals surface area contributed by atoms with Crippen LogP contribution in [0.5, 0.6) is 0 Å². The first-order valence-electron chi connectivity index (χ1n) is 7.77. The predicted molar refractivity (Wildman–Crippen MR) is 82.0 cm³/mol. The van der Waals surface area contributed by atoms with Gasteiger partial charge in [-0.15, -0.1) is 0 Å². The number of hydrogen-bond donors (Lipinski definition) is 0. The molecule has 0 aromatic heterocycles. The van der Waals surface area contributed by atoms with E-state index in [4.69, 9.17) is 0 Å². The van der Waals surface area contributed by atoms with E-state index in [1.54, 1.807) is 5.57 Å². The van der Waals surface area contributed by atoms with Gasteiger partial charge in [-0.1, -0.05) is 43.3 Å². The molecule has 0 amide bonds. The zero-order chi connectivity index (χ0) is 13.2. The van der Waals surface area contributed by atoms with Crippen LogP contribution in [0.15, 0.2) is 36.4 Å². The highest BCUT2D eigenvalue weighted by Crippen LogP contribution is 2.45. The molecule has 0 aliphatic heterocycles. The maximum atomic E-state index is 2.59. The van der Waals surface area contributed by atoms with Crippen molar-refractivity contribution in [1.29, 1.82) is 0 Å². The molecular weight excluding hydrogens is 230 g/mol. The molecule has 0 N–H and O–H groups in total. The highest BCUT2D eigenvalue weighted by Gasteiger charge is 2.38. The van der Waals surface area contributed by atoms with Gasteiger partial charge in [-0.2, -0.15) is 0 Å². The van der Waals surface area contributed by atoms with Crippen molar-refractivity contribution in [3.05, 3.63) is 42.0 Å². The monoisotopic (exact) mass is 255 g/mol. The average molecular weight is 255 g/mol. The first-order chi connectivity index (χ1) is 9.29. The Morgan fingerprint density at radius 2 is 1.95 bits per heavy atom. The summed E-state index contributed by atoms with van der Waals surface area (Å²) in [6, 6.07) is 11.7. The van der Waals surface area contributed by atoms with Gasteiger partial charge in [-0.3, -0.25) is 4.90 Å². The Labute approximate surface area is 117 Å². The van der Waals surface area contributed by atoms with E-state index in [9.17, 15) is 0 Å². The van der Waals surface area contributed by atoms with Crippen LogP contribution in [0, 0.1) is 11.8 Å². The number of rotatable bonds is 4. The van der Waals surface area contributed by atoms with Crippen molar-refractivity contribution in [1.82, 2.24) is 4.90 Å². The molecule has 0 radical (unpaired) electrons. The van der Waals surface area contributed by atoms with Crippen molar-refractivity contribution in [3.63, 3.8) is 0 Å². The number of nitrogens with zero attached hydrogens (tertiary/aromatic N) is 1. The number of likely N-dealkylation sites (N-methyl/N-ethyl adjacent to an activating group) is 1. The molecule has 1 aromatic carbocycles. The Balaban J connectivity index is 1.94. The maximum absolute atomic E-state index is 2.59. The van der Waals surface area contributed by atoms with Gasteiger partial charge >= 0.3 is 0 Å². The van der Waals surface area contributed by atoms with Crippen LogP contribution in [0.1, 0.15) is 38.2 Å². The van der Waals surface area contributed by atoms with Gasteiger partial charge < -0.3 is 0 Å². The summed E-state index contributed by atoms with van der Waals surface area (Å²) in [6.07, 6.45) is 8.05. The third kappa shape index (κ3) is 2.49. The van der Waals surface area contributed by atoms with Gasteiger partial charge in [-0.05, 0) is 62.2 Å². The van der Waals surface area contributed by atoms with Crippen LogP contribution in [0.2, 0.25) is 0 Å². The van der Waals surface area contributed by atoms with Crippen LogP contribution in [0.25, 0.3) is 5.57 Å². The molecule has 1 saturated carbocycles. The van der Waals surface area contributed by atoms with Gasteiger partial charge in [0.15, 0.2) is 0 Å². The van der Waals surface area contributed by atoms with Crippen LogP contribution in [0.3, 0.4) is 0 Å². The molecule has 1 aromatic rings. The molecule has 19 heavy (non-hydrogen) atoms. The van der Waals surface area contributed by atoms with E-state index < -0.39 is 0 Å². The third-order valence-corrected chi connectivity index (χ3v) is 4.85. The molecule has 2 aliphatic rings. The largest absolute Gasteiger partial charge is 0.299 e. The lowest BCUT2D eigenvalue weighted by Crippen LogP contribution is -2.40. The Morgan fingerprint density at radius 3 is 2.68 bits per heavy atom. The van der Waals surface area contributed by atoms with E-state index in [-0.39, 0.29) is 0 Å². The normalized spacial score (nSPS) is 29.6. The maximum Gasteiger partial charge on any atom is 0.0376 e. The molecule has 0 saturated heterocycles. The van der Waals surface area contributed by atoms with Crippen molar-refractivity contribution in [2.75, 3.05) is 13.6 Å². The van der Waals surface area contributed by atoms with Crippen LogP contribution < -0.4 is 0 Å². The van der Waals surface area contributed by atoms with Crippen LogP contribution in [-0.4, -0.2) is 24.5 Å². The lowest BCUT2D eigenvalue weighted by Gasteiger charge is -2.37. The van der Waals surface area contributed by atoms with Crippen molar-refractivity contribution in [3.8, 4) is 0 Å². The van der Waals surface area contributed by atoms with Crippen LogP contribution in [-0.2, 0) is 0 Å². The second kappa shape index (κ2) is 5.50. The number of hydrogen-bond acceptors (Lipinski definition) is 1. The van der Waals surface area contributed by atoms with Gasteiger partial charge in [0.1, 0.15) is 0 Å². The summed E-state index contributed by atoms with van der Waals surface area (Å²) in [7, 11) is 2.31. The molecule has 3 rings (SSSR count). The smallest absolute Gasteiger partial charge is 0.0376 e. The molecule has 0 heterocycles. The lowest BCUT2D eigenvalue weighted by molar-refractivity contribution is 0.217. The minimum absolute atomic E-state index is 0.640. The molecule has 1 fully saturated rings. The summed E-state index contributed by atoms with van der Waals surface area (Å²) >= 11 is 0. The summed E-state index contributed by atoms with van der Waals surface area (Å²) in [5, 5.41) is 0.